The largest absolute Gasteiger partial charge is 0.482 e. The Morgan fingerprint density at radius 2 is 1.80 bits per heavy atom. The van der Waals surface area contributed by atoms with Crippen LogP contribution in [0.4, 0.5) is 0 Å². The molecule has 25 heavy (non-hydrogen) atoms. The van der Waals surface area contributed by atoms with Gasteiger partial charge in [-0.1, -0.05) is 35.9 Å². The average molecular weight is 362 g/mol. The molecule has 0 aliphatic rings. The molecule has 0 spiro atoms. The smallest absolute Gasteiger partial charge is 0.341 e. The minimum atomic E-state index is -1.03. The number of rotatable bonds is 7. The zero-order chi connectivity index (χ0) is 18.4. The topological polar surface area (TPSA) is 75.6 Å². The maximum Gasteiger partial charge on any atom is 0.341 e. The zero-order valence-corrected chi connectivity index (χ0v) is 14.8. The quantitative estimate of drug-likeness (QED) is 0.786. The van der Waals surface area contributed by atoms with Crippen molar-refractivity contribution < 1.29 is 19.4 Å². The van der Waals surface area contributed by atoms with Gasteiger partial charge in [0, 0.05) is 5.02 Å². The number of benzene rings is 2. The lowest BCUT2D eigenvalue weighted by Gasteiger charge is -2.18. The molecule has 0 aliphatic carbocycles. The molecular formula is C19H20ClNO4. The number of halogens is 1. The number of carboxylic acids is 1. The molecule has 132 valence electrons. The molecule has 0 bridgehead atoms. The molecule has 2 rings (SSSR count). The highest BCUT2D eigenvalue weighted by Gasteiger charge is 2.18. The van der Waals surface area contributed by atoms with Crippen LogP contribution >= 0.6 is 11.6 Å². The van der Waals surface area contributed by atoms with Gasteiger partial charge in [-0.2, -0.15) is 0 Å². The summed E-state index contributed by atoms with van der Waals surface area (Å²) in [5.41, 5.74) is 1.75. The first-order valence-electron chi connectivity index (χ1n) is 7.87. The average Bonchev–Trinajstić information content (AvgIpc) is 2.59. The lowest BCUT2D eigenvalue weighted by atomic mass is 9.99. The fourth-order valence-electron chi connectivity index (χ4n) is 2.35. The summed E-state index contributed by atoms with van der Waals surface area (Å²) in [7, 11) is 0. The van der Waals surface area contributed by atoms with E-state index >= 15 is 0 Å². The van der Waals surface area contributed by atoms with Crippen LogP contribution in [0.25, 0.3) is 0 Å². The molecule has 6 heteroatoms. The minimum Gasteiger partial charge on any atom is -0.482 e. The second-order valence-corrected chi connectivity index (χ2v) is 6.19. The summed E-state index contributed by atoms with van der Waals surface area (Å²) in [6, 6.07) is 14.0. The van der Waals surface area contributed by atoms with Crippen molar-refractivity contribution in [1.29, 1.82) is 0 Å². The highest BCUT2D eigenvalue weighted by atomic mass is 35.5. The molecule has 0 aromatic heterocycles. The third-order valence-corrected chi connectivity index (χ3v) is 4.08. The Labute approximate surface area is 151 Å². The lowest BCUT2D eigenvalue weighted by Crippen LogP contribution is -2.30. The number of hydrogen-bond donors (Lipinski definition) is 2. The van der Waals surface area contributed by atoms with E-state index in [2.05, 4.69) is 5.32 Å². The van der Waals surface area contributed by atoms with Crippen LogP contribution in [0.1, 0.15) is 36.9 Å². The van der Waals surface area contributed by atoms with Gasteiger partial charge < -0.3 is 15.2 Å². The first kappa shape index (κ1) is 18.8. The number of amides is 1. The first-order valence-corrected chi connectivity index (χ1v) is 8.25. The SMILES string of the molecule is CC(NC(=O)C(C)c1cccc(Cl)c1)c1ccc(OCC(=O)O)cc1. The molecule has 0 aliphatic heterocycles. The molecule has 0 saturated heterocycles. The minimum absolute atomic E-state index is 0.0963. The van der Waals surface area contributed by atoms with Crippen LogP contribution in [0.2, 0.25) is 5.02 Å². The van der Waals surface area contributed by atoms with E-state index in [4.69, 9.17) is 21.4 Å². The second kappa shape index (κ2) is 8.53. The summed E-state index contributed by atoms with van der Waals surface area (Å²) in [5.74, 6) is -0.975. The summed E-state index contributed by atoms with van der Waals surface area (Å²) in [4.78, 5) is 22.9. The fourth-order valence-corrected chi connectivity index (χ4v) is 2.55. The Balaban J connectivity index is 1.97. The summed E-state index contributed by atoms with van der Waals surface area (Å²) >= 11 is 5.97. The summed E-state index contributed by atoms with van der Waals surface area (Å²) in [6.07, 6.45) is 0. The molecule has 5 nitrogen and oxygen atoms in total. The number of aliphatic carboxylic acids is 1. The van der Waals surface area contributed by atoms with E-state index in [0.717, 1.165) is 11.1 Å². The van der Waals surface area contributed by atoms with Crippen molar-refractivity contribution in [3.8, 4) is 5.75 Å². The van der Waals surface area contributed by atoms with Crippen LogP contribution in [0.3, 0.4) is 0 Å². The van der Waals surface area contributed by atoms with E-state index in [1.54, 1.807) is 36.4 Å². The van der Waals surface area contributed by atoms with E-state index in [0.29, 0.717) is 10.8 Å². The van der Waals surface area contributed by atoms with Gasteiger partial charge in [0.2, 0.25) is 5.91 Å². The maximum absolute atomic E-state index is 12.4. The summed E-state index contributed by atoms with van der Waals surface area (Å²) in [5, 5.41) is 12.2. The summed E-state index contributed by atoms with van der Waals surface area (Å²) in [6.45, 7) is 3.33. The van der Waals surface area contributed by atoms with Gasteiger partial charge in [-0.25, -0.2) is 4.79 Å². The van der Waals surface area contributed by atoms with Gasteiger partial charge in [0.25, 0.3) is 0 Å². The third-order valence-electron chi connectivity index (χ3n) is 3.84. The number of nitrogens with one attached hydrogen (secondary N) is 1. The molecule has 2 unspecified atom stereocenters. The number of hydrogen-bond acceptors (Lipinski definition) is 3. The number of carbonyl (C=O) groups is 2. The van der Waals surface area contributed by atoms with Crippen LogP contribution in [-0.4, -0.2) is 23.6 Å². The Kier molecular flexibility index (Phi) is 6.42. The molecular weight excluding hydrogens is 342 g/mol. The maximum atomic E-state index is 12.4. The fraction of sp³-hybridized carbons (Fsp3) is 0.263. The van der Waals surface area contributed by atoms with Gasteiger partial charge in [0.1, 0.15) is 5.75 Å². The third kappa shape index (κ3) is 5.50. The van der Waals surface area contributed by atoms with Gasteiger partial charge in [-0.3, -0.25) is 4.79 Å². The molecule has 0 saturated carbocycles. The Hall–Kier alpha value is -2.53. The van der Waals surface area contributed by atoms with Gasteiger partial charge in [0.05, 0.1) is 12.0 Å². The molecule has 2 aromatic rings. The number of carboxylic acid groups (broad SMARTS) is 1. The molecule has 2 N–H and O–H groups in total. The van der Waals surface area contributed by atoms with Crippen molar-refractivity contribution in [3.05, 3.63) is 64.7 Å². The van der Waals surface area contributed by atoms with Crippen LogP contribution in [0, 0.1) is 0 Å². The van der Waals surface area contributed by atoms with Crippen molar-refractivity contribution in [2.75, 3.05) is 6.61 Å². The van der Waals surface area contributed by atoms with Crippen LogP contribution in [0.15, 0.2) is 48.5 Å². The highest BCUT2D eigenvalue weighted by Crippen LogP contribution is 2.22. The van der Waals surface area contributed by atoms with Crippen LogP contribution in [0.5, 0.6) is 5.75 Å². The first-order chi connectivity index (χ1) is 11.9. The predicted octanol–water partition coefficient (Wildman–Crippen LogP) is 3.78. The van der Waals surface area contributed by atoms with Gasteiger partial charge in [-0.15, -0.1) is 0 Å². The molecule has 1 amide bonds. The van der Waals surface area contributed by atoms with E-state index in [-0.39, 0.29) is 24.5 Å². The van der Waals surface area contributed by atoms with Crippen LogP contribution < -0.4 is 10.1 Å². The molecule has 0 fully saturated rings. The lowest BCUT2D eigenvalue weighted by molar-refractivity contribution is -0.139. The van der Waals surface area contributed by atoms with E-state index < -0.39 is 5.97 Å². The van der Waals surface area contributed by atoms with E-state index in [1.165, 1.54) is 0 Å². The second-order valence-electron chi connectivity index (χ2n) is 5.76. The van der Waals surface area contributed by atoms with Crippen molar-refractivity contribution in [2.45, 2.75) is 25.8 Å². The molecule has 0 radical (unpaired) electrons. The Morgan fingerprint density at radius 3 is 2.40 bits per heavy atom. The van der Waals surface area contributed by atoms with Gasteiger partial charge >= 0.3 is 5.97 Å². The normalized spacial score (nSPS) is 12.9. The predicted molar refractivity (Wildman–Crippen MR) is 96.0 cm³/mol. The van der Waals surface area contributed by atoms with Gasteiger partial charge in [-0.05, 0) is 49.2 Å². The molecule has 2 atom stereocenters. The standard InChI is InChI=1S/C19H20ClNO4/c1-12(15-4-3-5-16(20)10-15)19(24)21-13(2)14-6-8-17(9-7-14)25-11-18(22)23/h3-10,12-13H,11H2,1-2H3,(H,21,24)(H,22,23). The Morgan fingerprint density at radius 1 is 1.12 bits per heavy atom. The van der Waals surface area contributed by atoms with Crippen molar-refractivity contribution >= 4 is 23.5 Å². The number of ether oxygens (including phenoxy) is 1. The van der Waals surface area contributed by atoms with Crippen molar-refractivity contribution in [3.63, 3.8) is 0 Å². The van der Waals surface area contributed by atoms with Crippen molar-refractivity contribution in [2.24, 2.45) is 0 Å². The van der Waals surface area contributed by atoms with Gasteiger partial charge in [0.15, 0.2) is 6.61 Å². The monoisotopic (exact) mass is 361 g/mol. The zero-order valence-electron chi connectivity index (χ0n) is 14.0. The van der Waals surface area contributed by atoms with E-state index in [1.807, 2.05) is 26.0 Å². The molecule has 0 heterocycles. The van der Waals surface area contributed by atoms with Crippen molar-refractivity contribution in [1.82, 2.24) is 5.32 Å². The van der Waals surface area contributed by atoms with E-state index in [9.17, 15) is 9.59 Å². The highest BCUT2D eigenvalue weighted by molar-refractivity contribution is 6.30. The Bertz CT molecular complexity index is 745. The summed E-state index contributed by atoms with van der Waals surface area (Å²) < 4.78 is 5.09. The number of carbonyl (C=O) groups excluding carboxylic acids is 1. The van der Waals surface area contributed by atoms with Crippen LogP contribution in [-0.2, 0) is 9.59 Å². The molecule has 2 aromatic carbocycles.